The number of ether oxygens (including phenoxy) is 1. The van der Waals surface area contributed by atoms with Gasteiger partial charge in [-0.25, -0.2) is 4.98 Å². The first-order valence-electron chi connectivity index (χ1n) is 8.62. The van der Waals surface area contributed by atoms with Gasteiger partial charge in [-0.1, -0.05) is 6.07 Å². The maximum Gasteiger partial charge on any atom is 0.271 e. The van der Waals surface area contributed by atoms with Gasteiger partial charge in [0.15, 0.2) is 0 Å². The molecule has 138 valence electrons. The molecular weight excluding hydrogens is 334 g/mol. The highest BCUT2D eigenvalue weighted by Gasteiger charge is 2.21. The van der Waals surface area contributed by atoms with Gasteiger partial charge >= 0.3 is 0 Å². The van der Waals surface area contributed by atoms with E-state index < -0.39 is 0 Å². The molecule has 8 heteroatoms. The minimum absolute atomic E-state index is 0.0859. The van der Waals surface area contributed by atoms with Gasteiger partial charge in [0.25, 0.3) is 5.69 Å². The van der Waals surface area contributed by atoms with Crippen LogP contribution in [-0.4, -0.2) is 61.2 Å². The minimum Gasteiger partial charge on any atom is -0.495 e. The number of non-ortho nitro benzene ring substituents is 1. The topological polar surface area (TPSA) is 83.8 Å². The van der Waals surface area contributed by atoms with Gasteiger partial charge in [-0.05, 0) is 18.2 Å². The molecule has 0 spiro atoms. The molecule has 1 saturated heterocycles. The number of methoxy groups -OCH3 is 1. The number of piperazine rings is 1. The first-order chi connectivity index (χ1) is 12.7. The predicted molar refractivity (Wildman–Crippen MR) is 101 cm³/mol. The predicted octanol–water partition coefficient (Wildman–Crippen LogP) is 2.23. The molecule has 0 unspecified atom stereocenters. The van der Waals surface area contributed by atoms with E-state index in [9.17, 15) is 10.1 Å². The third kappa shape index (κ3) is 4.40. The lowest BCUT2D eigenvalue weighted by atomic mass is 10.2. The summed E-state index contributed by atoms with van der Waals surface area (Å²) in [6, 6.07) is 10.5. The fourth-order valence-corrected chi connectivity index (χ4v) is 3.06. The van der Waals surface area contributed by atoms with E-state index in [0.717, 1.165) is 50.8 Å². The molecule has 0 aliphatic carbocycles. The van der Waals surface area contributed by atoms with Gasteiger partial charge in [-0.2, -0.15) is 0 Å². The van der Waals surface area contributed by atoms with Gasteiger partial charge in [0, 0.05) is 57.6 Å². The number of pyridine rings is 1. The quantitative estimate of drug-likeness (QED) is 0.601. The lowest BCUT2D eigenvalue weighted by Gasteiger charge is -2.36. The molecule has 1 N–H and O–H groups in total. The van der Waals surface area contributed by atoms with Gasteiger partial charge in [0.05, 0.1) is 17.7 Å². The van der Waals surface area contributed by atoms with Crippen LogP contribution in [0.1, 0.15) is 0 Å². The molecule has 0 radical (unpaired) electrons. The van der Waals surface area contributed by atoms with E-state index in [1.807, 2.05) is 18.2 Å². The summed E-state index contributed by atoms with van der Waals surface area (Å²) in [6.07, 6.45) is 1.77. The Balaban J connectivity index is 1.53. The Labute approximate surface area is 152 Å². The molecule has 0 bridgehead atoms. The smallest absolute Gasteiger partial charge is 0.271 e. The molecule has 0 amide bonds. The van der Waals surface area contributed by atoms with Crippen LogP contribution in [0.5, 0.6) is 5.75 Å². The van der Waals surface area contributed by atoms with Crippen LogP contribution >= 0.6 is 0 Å². The van der Waals surface area contributed by atoms with Crippen LogP contribution < -0.4 is 15.0 Å². The highest BCUT2D eigenvalue weighted by Crippen LogP contribution is 2.32. The van der Waals surface area contributed by atoms with Crippen molar-refractivity contribution in [3.05, 3.63) is 52.7 Å². The van der Waals surface area contributed by atoms with E-state index in [-0.39, 0.29) is 10.6 Å². The van der Waals surface area contributed by atoms with E-state index in [2.05, 4.69) is 20.1 Å². The molecular formula is C18H23N5O3. The van der Waals surface area contributed by atoms with Crippen molar-refractivity contribution in [3.63, 3.8) is 0 Å². The van der Waals surface area contributed by atoms with Crippen molar-refractivity contribution in [1.29, 1.82) is 0 Å². The Morgan fingerprint density at radius 1 is 1.23 bits per heavy atom. The zero-order valence-corrected chi connectivity index (χ0v) is 14.8. The zero-order chi connectivity index (χ0) is 18.4. The minimum atomic E-state index is -0.373. The summed E-state index contributed by atoms with van der Waals surface area (Å²) in [5, 5.41) is 14.4. The van der Waals surface area contributed by atoms with Gasteiger partial charge in [-0.3, -0.25) is 15.0 Å². The summed E-state index contributed by atoms with van der Waals surface area (Å²) in [5.74, 6) is 1.55. The second-order valence-corrected chi connectivity index (χ2v) is 6.08. The second kappa shape index (κ2) is 8.48. The van der Waals surface area contributed by atoms with Crippen molar-refractivity contribution in [2.75, 3.05) is 56.6 Å². The summed E-state index contributed by atoms with van der Waals surface area (Å²) in [6.45, 7) is 5.17. The van der Waals surface area contributed by atoms with Crippen molar-refractivity contribution < 1.29 is 9.66 Å². The van der Waals surface area contributed by atoms with Gasteiger partial charge in [-0.15, -0.1) is 0 Å². The molecule has 2 heterocycles. The molecule has 26 heavy (non-hydrogen) atoms. The Morgan fingerprint density at radius 3 is 2.69 bits per heavy atom. The van der Waals surface area contributed by atoms with Crippen LogP contribution in [0.4, 0.5) is 17.2 Å². The number of hydrogen-bond acceptors (Lipinski definition) is 7. The van der Waals surface area contributed by atoms with Crippen LogP contribution in [-0.2, 0) is 0 Å². The van der Waals surface area contributed by atoms with Crippen molar-refractivity contribution in [3.8, 4) is 5.75 Å². The molecule has 0 saturated carbocycles. The highest BCUT2D eigenvalue weighted by atomic mass is 16.6. The van der Waals surface area contributed by atoms with Crippen LogP contribution in [0.3, 0.4) is 0 Å². The molecule has 0 atom stereocenters. The molecule has 8 nitrogen and oxygen atoms in total. The fraction of sp³-hybridized carbons (Fsp3) is 0.389. The number of nitro groups is 1. The van der Waals surface area contributed by atoms with Gasteiger partial charge < -0.3 is 15.0 Å². The number of benzene rings is 1. The zero-order valence-electron chi connectivity index (χ0n) is 14.8. The molecule has 1 fully saturated rings. The van der Waals surface area contributed by atoms with E-state index in [1.54, 1.807) is 25.4 Å². The van der Waals surface area contributed by atoms with Crippen LogP contribution in [0, 0.1) is 10.1 Å². The number of nitrogens with one attached hydrogen (secondary N) is 1. The number of aromatic nitrogens is 1. The molecule has 2 aromatic rings. The standard InChI is InChI=1S/C18H23N5O3/c1-26-17-6-5-15(23(24)25)14-16(17)22-12-10-21(11-13-22)9-8-20-18-4-2-3-7-19-18/h2-7,14H,8-13H2,1H3,(H,19,20). The van der Waals surface area contributed by atoms with Crippen molar-refractivity contribution in [1.82, 2.24) is 9.88 Å². The first kappa shape index (κ1) is 17.9. The molecule has 1 aliphatic rings. The van der Waals surface area contributed by atoms with E-state index in [0.29, 0.717) is 5.75 Å². The normalized spacial score (nSPS) is 14.9. The first-order valence-corrected chi connectivity index (χ1v) is 8.62. The number of hydrogen-bond donors (Lipinski definition) is 1. The Hall–Kier alpha value is -2.87. The highest BCUT2D eigenvalue weighted by molar-refractivity contribution is 5.63. The number of anilines is 2. The summed E-state index contributed by atoms with van der Waals surface area (Å²) >= 11 is 0. The Kier molecular flexibility index (Phi) is 5.85. The van der Waals surface area contributed by atoms with Crippen LogP contribution in [0.25, 0.3) is 0 Å². The summed E-state index contributed by atoms with van der Waals surface area (Å²) in [4.78, 5) is 19.4. The maximum absolute atomic E-state index is 11.0. The summed E-state index contributed by atoms with van der Waals surface area (Å²) in [5.41, 5.74) is 0.871. The fourth-order valence-electron chi connectivity index (χ4n) is 3.06. The maximum atomic E-state index is 11.0. The van der Waals surface area contributed by atoms with Gasteiger partial charge in [0.2, 0.25) is 0 Å². The molecule has 1 aromatic heterocycles. The van der Waals surface area contributed by atoms with Crippen molar-refractivity contribution in [2.24, 2.45) is 0 Å². The van der Waals surface area contributed by atoms with E-state index in [4.69, 9.17) is 4.74 Å². The number of nitro benzene ring substituents is 1. The van der Waals surface area contributed by atoms with Crippen LogP contribution in [0.2, 0.25) is 0 Å². The monoisotopic (exact) mass is 357 g/mol. The van der Waals surface area contributed by atoms with Crippen LogP contribution in [0.15, 0.2) is 42.6 Å². The lowest BCUT2D eigenvalue weighted by molar-refractivity contribution is -0.384. The molecule has 1 aromatic carbocycles. The van der Waals surface area contributed by atoms with Gasteiger partial charge in [0.1, 0.15) is 11.6 Å². The number of rotatable bonds is 7. The second-order valence-electron chi connectivity index (χ2n) is 6.08. The Morgan fingerprint density at radius 2 is 2.04 bits per heavy atom. The number of nitrogens with zero attached hydrogens (tertiary/aromatic N) is 4. The molecule has 1 aliphatic heterocycles. The van der Waals surface area contributed by atoms with Crippen molar-refractivity contribution >= 4 is 17.2 Å². The largest absolute Gasteiger partial charge is 0.495 e. The summed E-state index contributed by atoms with van der Waals surface area (Å²) < 4.78 is 5.38. The van der Waals surface area contributed by atoms with E-state index >= 15 is 0 Å². The average Bonchev–Trinajstić information content (AvgIpc) is 2.69. The lowest BCUT2D eigenvalue weighted by Crippen LogP contribution is -2.47. The average molecular weight is 357 g/mol. The third-order valence-electron chi connectivity index (χ3n) is 4.49. The summed E-state index contributed by atoms with van der Waals surface area (Å²) in [7, 11) is 1.59. The third-order valence-corrected chi connectivity index (χ3v) is 4.49. The SMILES string of the molecule is COc1ccc([N+](=O)[O-])cc1N1CCN(CCNc2ccccn2)CC1. The molecule has 3 rings (SSSR count). The Bertz CT molecular complexity index is 733. The van der Waals surface area contributed by atoms with Crippen molar-refractivity contribution in [2.45, 2.75) is 0 Å². The van der Waals surface area contributed by atoms with E-state index in [1.165, 1.54) is 6.07 Å².